The van der Waals surface area contributed by atoms with E-state index in [2.05, 4.69) is 6.07 Å². The molecule has 0 aromatic heterocycles. The third-order valence-electron chi connectivity index (χ3n) is 5.07. The van der Waals surface area contributed by atoms with Crippen LogP contribution in [0, 0.1) is 35.0 Å². The smallest absolute Gasteiger partial charge is 0.0827 e. The van der Waals surface area contributed by atoms with Crippen molar-refractivity contribution in [2.45, 2.75) is 57.8 Å². The Balaban J connectivity index is 1.72. The molecule has 2 aliphatic carbocycles. The first kappa shape index (κ1) is 13.6. The minimum atomic E-state index is 0.326. The molecule has 0 saturated heterocycles. The van der Waals surface area contributed by atoms with E-state index in [1.807, 2.05) is 0 Å². The highest BCUT2D eigenvalue weighted by Gasteiger charge is 2.30. The van der Waals surface area contributed by atoms with E-state index >= 15 is 0 Å². The monoisotopic (exact) mass is 249 g/mol. The molecule has 0 aliphatic heterocycles. The predicted molar refractivity (Wildman–Crippen MR) is 71.4 cm³/mol. The number of hydrogen-bond donors (Lipinski definition) is 0. The fraction of sp³-hybridized carbons (Fsp3) is 0.812. The standard InChI is InChI=1S/C16H24FN/c17-11-1-2-13-3-7-15(8-4-13)16-9-5-14(12-18)6-10-16/h1,11,13-16H,2-10H2. The van der Waals surface area contributed by atoms with Gasteiger partial charge < -0.3 is 0 Å². The Bertz CT molecular complexity index is 302. The Hall–Kier alpha value is -0.840. The van der Waals surface area contributed by atoms with Gasteiger partial charge in [0.2, 0.25) is 0 Å². The van der Waals surface area contributed by atoms with Crippen LogP contribution in [0.2, 0.25) is 0 Å². The first-order valence-electron chi connectivity index (χ1n) is 7.48. The van der Waals surface area contributed by atoms with Crippen LogP contribution >= 0.6 is 0 Å². The van der Waals surface area contributed by atoms with Gasteiger partial charge in [0.25, 0.3) is 0 Å². The second kappa shape index (κ2) is 6.92. The SMILES string of the molecule is N#CC1CCC(C2CCC(CC=CF)CC2)CC1. The van der Waals surface area contributed by atoms with Crippen molar-refractivity contribution in [2.75, 3.05) is 0 Å². The fourth-order valence-corrected chi connectivity index (χ4v) is 3.86. The molecule has 0 aromatic rings. The second-order valence-corrected chi connectivity index (χ2v) is 6.12. The maximum absolute atomic E-state index is 12.0. The molecular weight excluding hydrogens is 225 g/mol. The minimum Gasteiger partial charge on any atom is -0.216 e. The number of halogens is 1. The summed E-state index contributed by atoms with van der Waals surface area (Å²) in [5, 5.41) is 8.92. The highest BCUT2D eigenvalue weighted by Crippen LogP contribution is 2.41. The number of hydrogen-bond acceptors (Lipinski definition) is 1. The first-order valence-corrected chi connectivity index (χ1v) is 7.48. The molecule has 0 radical (unpaired) electrons. The van der Waals surface area contributed by atoms with Gasteiger partial charge in [-0.3, -0.25) is 0 Å². The van der Waals surface area contributed by atoms with Crippen molar-refractivity contribution in [1.29, 1.82) is 5.26 Å². The zero-order valence-corrected chi connectivity index (χ0v) is 11.2. The van der Waals surface area contributed by atoms with Crippen LogP contribution in [0.4, 0.5) is 4.39 Å². The van der Waals surface area contributed by atoms with Crippen molar-refractivity contribution in [3.05, 3.63) is 12.4 Å². The summed E-state index contributed by atoms with van der Waals surface area (Å²) in [6, 6.07) is 2.41. The van der Waals surface area contributed by atoms with Gasteiger partial charge in [0.15, 0.2) is 0 Å². The lowest BCUT2D eigenvalue weighted by molar-refractivity contribution is 0.157. The van der Waals surface area contributed by atoms with Crippen LogP contribution in [-0.2, 0) is 0 Å². The Morgan fingerprint density at radius 3 is 2.00 bits per heavy atom. The van der Waals surface area contributed by atoms with Crippen molar-refractivity contribution in [2.24, 2.45) is 23.7 Å². The highest BCUT2D eigenvalue weighted by molar-refractivity contribution is 4.90. The summed E-state index contributed by atoms with van der Waals surface area (Å²) in [5.41, 5.74) is 0. The predicted octanol–water partition coefficient (Wildman–Crippen LogP) is 5.00. The van der Waals surface area contributed by atoms with E-state index in [0.29, 0.717) is 18.2 Å². The third kappa shape index (κ3) is 3.57. The summed E-state index contributed by atoms with van der Waals surface area (Å²) in [7, 11) is 0. The van der Waals surface area contributed by atoms with E-state index in [1.54, 1.807) is 6.08 Å². The van der Waals surface area contributed by atoms with Gasteiger partial charge in [0.05, 0.1) is 12.4 Å². The van der Waals surface area contributed by atoms with Crippen molar-refractivity contribution in [3.8, 4) is 6.07 Å². The van der Waals surface area contributed by atoms with Crippen LogP contribution in [0.5, 0.6) is 0 Å². The number of rotatable bonds is 3. The van der Waals surface area contributed by atoms with E-state index in [0.717, 1.165) is 31.1 Å². The average molecular weight is 249 g/mol. The van der Waals surface area contributed by atoms with Crippen molar-refractivity contribution in [3.63, 3.8) is 0 Å². The molecule has 0 N–H and O–H groups in total. The van der Waals surface area contributed by atoms with E-state index < -0.39 is 0 Å². The van der Waals surface area contributed by atoms with Gasteiger partial charge in [-0.1, -0.05) is 6.08 Å². The molecule has 0 heterocycles. The molecule has 1 nitrogen and oxygen atoms in total. The summed E-state index contributed by atoms with van der Waals surface area (Å²) < 4.78 is 12.0. The van der Waals surface area contributed by atoms with Gasteiger partial charge in [-0.25, -0.2) is 4.39 Å². The van der Waals surface area contributed by atoms with Gasteiger partial charge in [-0.2, -0.15) is 5.26 Å². The number of allylic oxidation sites excluding steroid dienone is 1. The third-order valence-corrected chi connectivity index (χ3v) is 5.07. The van der Waals surface area contributed by atoms with Crippen LogP contribution < -0.4 is 0 Å². The molecule has 0 bridgehead atoms. The fourth-order valence-electron chi connectivity index (χ4n) is 3.86. The van der Waals surface area contributed by atoms with Crippen LogP contribution in [0.25, 0.3) is 0 Å². The lowest BCUT2D eigenvalue weighted by Crippen LogP contribution is -2.25. The summed E-state index contributed by atoms with van der Waals surface area (Å²) in [6.45, 7) is 0. The van der Waals surface area contributed by atoms with Crippen LogP contribution in [0.1, 0.15) is 57.8 Å². The van der Waals surface area contributed by atoms with Gasteiger partial charge >= 0.3 is 0 Å². The molecule has 0 amide bonds. The number of nitrogens with zero attached hydrogens (tertiary/aromatic N) is 1. The average Bonchev–Trinajstić information content (AvgIpc) is 2.46. The van der Waals surface area contributed by atoms with Crippen LogP contribution in [0.3, 0.4) is 0 Å². The molecule has 18 heavy (non-hydrogen) atoms. The molecule has 100 valence electrons. The number of nitriles is 1. The molecule has 2 fully saturated rings. The molecule has 0 atom stereocenters. The summed E-state index contributed by atoms with van der Waals surface area (Å²) in [6.07, 6.45) is 13.2. The van der Waals surface area contributed by atoms with Crippen molar-refractivity contribution < 1.29 is 4.39 Å². The minimum absolute atomic E-state index is 0.326. The molecule has 2 heteroatoms. The van der Waals surface area contributed by atoms with Gasteiger partial charge in [-0.15, -0.1) is 0 Å². The zero-order valence-electron chi connectivity index (χ0n) is 11.2. The Morgan fingerprint density at radius 2 is 1.50 bits per heavy atom. The topological polar surface area (TPSA) is 23.8 Å². The largest absolute Gasteiger partial charge is 0.216 e. The van der Waals surface area contributed by atoms with Crippen LogP contribution in [0.15, 0.2) is 12.4 Å². The second-order valence-electron chi connectivity index (χ2n) is 6.12. The summed E-state index contributed by atoms with van der Waals surface area (Å²) in [4.78, 5) is 0. The molecule has 2 aliphatic rings. The maximum atomic E-state index is 12.0. The molecule has 2 saturated carbocycles. The van der Waals surface area contributed by atoms with E-state index in [-0.39, 0.29) is 0 Å². The van der Waals surface area contributed by atoms with Gasteiger partial charge in [0, 0.05) is 5.92 Å². The van der Waals surface area contributed by atoms with E-state index in [4.69, 9.17) is 5.26 Å². The van der Waals surface area contributed by atoms with E-state index in [1.165, 1.54) is 38.5 Å². The lowest BCUT2D eigenvalue weighted by Gasteiger charge is -2.36. The van der Waals surface area contributed by atoms with Crippen LogP contribution in [-0.4, -0.2) is 0 Å². The van der Waals surface area contributed by atoms with Gasteiger partial charge in [-0.05, 0) is 75.5 Å². The maximum Gasteiger partial charge on any atom is 0.0827 e. The normalized spacial score (nSPS) is 37.6. The summed E-state index contributed by atoms with van der Waals surface area (Å²) >= 11 is 0. The summed E-state index contributed by atoms with van der Waals surface area (Å²) in [5.74, 6) is 2.79. The first-order chi connectivity index (χ1) is 8.83. The molecular formula is C16H24FN. The molecule has 2 rings (SSSR count). The molecule has 0 aromatic carbocycles. The highest BCUT2D eigenvalue weighted by atomic mass is 19.1. The van der Waals surface area contributed by atoms with E-state index in [9.17, 15) is 4.39 Å². The van der Waals surface area contributed by atoms with Crippen molar-refractivity contribution in [1.82, 2.24) is 0 Å². The Kier molecular flexibility index (Phi) is 5.23. The zero-order chi connectivity index (χ0) is 12.8. The molecule has 0 unspecified atom stereocenters. The quantitative estimate of drug-likeness (QED) is 0.690. The van der Waals surface area contributed by atoms with Crippen molar-refractivity contribution >= 4 is 0 Å². The molecule has 0 spiro atoms. The van der Waals surface area contributed by atoms with Gasteiger partial charge in [0.1, 0.15) is 0 Å². The Labute approximate surface area is 110 Å². The lowest BCUT2D eigenvalue weighted by atomic mass is 9.69. The Morgan fingerprint density at radius 1 is 0.944 bits per heavy atom.